The summed E-state index contributed by atoms with van der Waals surface area (Å²) in [5.74, 6) is 0.261. The first-order valence-corrected chi connectivity index (χ1v) is 6.61. The Bertz CT molecular complexity index is 621. The van der Waals surface area contributed by atoms with Crippen molar-refractivity contribution in [3.8, 4) is 0 Å². The fourth-order valence-corrected chi connectivity index (χ4v) is 2.10. The minimum absolute atomic E-state index is 0.194. The second-order valence-electron chi connectivity index (χ2n) is 5.23. The summed E-state index contributed by atoms with van der Waals surface area (Å²) >= 11 is 0. The highest BCUT2D eigenvalue weighted by atomic mass is 19.4. The molecule has 5 nitrogen and oxygen atoms in total. The van der Waals surface area contributed by atoms with E-state index in [0.29, 0.717) is 6.42 Å². The number of nitrogens with one attached hydrogen (secondary N) is 1. The molecule has 2 rings (SSSR count). The smallest absolute Gasteiger partial charge is 0.388 e. The van der Waals surface area contributed by atoms with E-state index < -0.39 is 17.5 Å². The molecule has 116 valence electrons. The summed E-state index contributed by atoms with van der Waals surface area (Å²) in [6.07, 6.45) is -0.415. The van der Waals surface area contributed by atoms with Crippen molar-refractivity contribution in [2.24, 2.45) is 0 Å². The van der Waals surface area contributed by atoms with Crippen molar-refractivity contribution in [2.75, 3.05) is 11.9 Å². The van der Waals surface area contributed by atoms with E-state index in [1.807, 2.05) is 6.92 Å². The molecule has 0 aliphatic heterocycles. The van der Waals surface area contributed by atoms with Crippen molar-refractivity contribution >= 4 is 11.3 Å². The van der Waals surface area contributed by atoms with Crippen LogP contribution in [0.15, 0.2) is 18.5 Å². The molecule has 2 aromatic heterocycles. The lowest BCUT2D eigenvalue weighted by Gasteiger charge is -2.23. The van der Waals surface area contributed by atoms with E-state index in [1.54, 1.807) is 6.92 Å². The van der Waals surface area contributed by atoms with Crippen molar-refractivity contribution in [2.45, 2.75) is 38.5 Å². The highest BCUT2D eigenvalue weighted by Gasteiger charge is 2.34. The zero-order valence-corrected chi connectivity index (χ0v) is 11.8. The Morgan fingerprint density at radius 1 is 1.38 bits per heavy atom. The summed E-state index contributed by atoms with van der Waals surface area (Å²) < 4.78 is 39.1. The van der Waals surface area contributed by atoms with Gasteiger partial charge in [0, 0.05) is 25.0 Å². The predicted octanol–water partition coefficient (Wildman–Crippen LogP) is 2.71. The summed E-state index contributed by atoms with van der Waals surface area (Å²) in [6, 6.07) is 0.934. The van der Waals surface area contributed by atoms with E-state index in [4.69, 9.17) is 0 Å². The van der Waals surface area contributed by atoms with Crippen LogP contribution in [0.3, 0.4) is 0 Å². The SMILES string of the molecule is CCCC(C)(O)CNc1nccn2nc(C(F)(F)F)cc12. The Kier molecular flexibility index (Phi) is 4.08. The first kappa shape index (κ1) is 15.6. The molecule has 0 radical (unpaired) electrons. The van der Waals surface area contributed by atoms with Crippen LogP contribution in [0.25, 0.3) is 5.52 Å². The summed E-state index contributed by atoms with van der Waals surface area (Å²) in [5.41, 5.74) is -1.70. The molecule has 8 heteroatoms. The van der Waals surface area contributed by atoms with Crippen LogP contribution in [-0.4, -0.2) is 31.9 Å². The molecule has 0 saturated heterocycles. The van der Waals surface area contributed by atoms with Gasteiger partial charge in [-0.1, -0.05) is 13.3 Å². The normalized spacial score (nSPS) is 15.1. The van der Waals surface area contributed by atoms with E-state index in [1.165, 1.54) is 12.4 Å². The van der Waals surface area contributed by atoms with Crippen molar-refractivity contribution in [1.82, 2.24) is 14.6 Å². The Hall–Kier alpha value is -1.83. The average Bonchev–Trinajstić information content (AvgIpc) is 2.80. The molecule has 0 fully saturated rings. The predicted molar refractivity (Wildman–Crippen MR) is 72.0 cm³/mol. The molecule has 0 saturated carbocycles. The molecule has 0 amide bonds. The molecule has 0 aliphatic carbocycles. The van der Waals surface area contributed by atoms with E-state index in [-0.39, 0.29) is 17.9 Å². The lowest BCUT2D eigenvalue weighted by atomic mass is 10.0. The Morgan fingerprint density at radius 2 is 2.10 bits per heavy atom. The van der Waals surface area contributed by atoms with Crippen molar-refractivity contribution in [1.29, 1.82) is 0 Å². The number of hydrogen-bond donors (Lipinski definition) is 2. The quantitative estimate of drug-likeness (QED) is 0.891. The molecular weight excluding hydrogens is 285 g/mol. The number of fused-ring (bicyclic) bond motifs is 1. The second-order valence-corrected chi connectivity index (χ2v) is 5.23. The van der Waals surface area contributed by atoms with E-state index in [9.17, 15) is 18.3 Å². The fraction of sp³-hybridized carbons (Fsp3) is 0.538. The maximum absolute atomic E-state index is 12.7. The number of hydrogen-bond acceptors (Lipinski definition) is 4. The zero-order chi connectivity index (χ0) is 15.7. The molecule has 0 aliphatic rings. The third kappa shape index (κ3) is 3.63. The lowest BCUT2D eigenvalue weighted by molar-refractivity contribution is -0.141. The summed E-state index contributed by atoms with van der Waals surface area (Å²) in [6.45, 7) is 3.81. The third-order valence-corrected chi connectivity index (χ3v) is 3.11. The number of anilines is 1. The Morgan fingerprint density at radius 3 is 2.71 bits per heavy atom. The number of alkyl halides is 3. The second kappa shape index (κ2) is 5.51. The summed E-state index contributed by atoms with van der Waals surface area (Å²) in [7, 11) is 0. The van der Waals surface area contributed by atoms with Crippen LogP contribution in [0.4, 0.5) is 19.0 Å². The first-order chi connectivity index (χ1) is 9.73. The zero-order valence-electron chi connectivity index (χ0n) is 11.8. The highest BCUT2D eigenvalue weighted by molar-refractivity contribution is 5.68. The molecule has 0 aromatic carbocycles. The molecule has 21 heavy (non-hydrogen) atoms. The third-order valence-electron chi connectivity index (χ3n) is 3.11. The van der Waals surface area contributed by atoms with Gasteiger partial charge in [0.1, 0.15) is 5.52 Å². The van der Waals surface area contributed by atoms with Gasteiger partial charge in [-0.15, -0.1) is 0 Å². The van der Waals surface area contributed by atoms with Gasteiger partial charge in [0.25, 0.3) is 0 Å². The molecule has 0 bridgehead atoms. The van der Waals surface area contributed by atoms with Crippen LogP contribution in [0.5, 0.6) is 0 Å². The molecule has 2 heterocycles. The Labute approximate surface area is 119 Å². The van der Waals surface area contributed by atoms with Crippen molar-refractivity contribution in [3.05, 3.63) is 24.2 Å². The van der Waals surface area contributed by atoms with Crippen LogP contribution < -0.4 is 5.32 Å². The minimum atomic E-state index is -4.50. The molecule has 1 unspecified atom stereocenters. The standard InChI is InChI=1S/C13H17F3N4O/c1-3-4-12(2,21)8-18-11-9-7-10(13(14,15)16)19-20(9)6-5-17-11/h5-7,21H,3-4,8H2,1-2H3,(H,17,18). The van der Waals surface area contributed by atoms with Gasteiger partial charge in [-0.2, -0.15) is 18.3 Å². The van der Waals surface area contributed by atoms with Crippen LogP contribution in [-0.2, 0) is 6.18 Å². The van der Waals surface area contributed by atoms with Gasteiger partial charge >= 0.3 is 6.18 Å². The van der Waals surface area contributed by atoms with Crippen LogP contribution in [0.2, 0.25) is 0 Å². The van der Waals surface area contributed by atoms with Crippen LogP contribution in [0, 0.1) is 0 Å². The topological polar surface area (TPSA) is 62.5 Å². The fourth-order valence-electron chi connectivity index (χ4n) is 2.10. The average molecular weight is 302 g/mol. The van der Waals surface area contributed by atoms with Crippen LogP contribution >= 0.6 is 0 Å². The number of halogens is 3. The highest BCUT2D eigenvalue weighted by Crippen LogP contribution is 2.30. The molecule has 2 N–H and O–H groups in total. The lowest BCUT2D eigenvalue weighted by Crippen LogP contribution is -2.33. The minimum Gasteiger partial charge on any atom is -0.388 e. The number of aromatic nitrogens is 3. The monoisotopic (exact) mass is 302 g/mol. The Balaban J connectivity index is 2.26. The van der Waals surface area contributed by atoms with Crippen molar-refractivity contribution in [3.63, 3.8) is 0 Å². The van der Waals surface area contributed by atoms with Gasteiger partial charge in [0.15, 0.2) is 11.5 Å². The largest absolute Gasteiger partial charge is 0.435 e. The summed E-state index contributed by atoms with van der Waals surface area (Å²) in [5, 5.41) is 16.5. The number of aliphatic hydroxyl groups is 1. The van der Waals surface area contributed by atoms with E-state index in [0.717, 1.165) is 17.0 Å². The van der Waals surface area contributed by atoms with Gasteiger partial charge in [0.05, 0.1) is 5.60 Å². The number of nitrogens with zero attached hydrogens (tertiary/aromatic N) is 3. The van der Waals surface area contributed by atoms with Crippen LogP contribution in [0.1, 0.15) is 32.4 Å². The van der Waals surface area contributed by atoms with Gasteiger partial charge in [-0.3, -0.25) is 0 Å². The van der Waals surface area contributed by atoms with Gasteiger partial charge in [0.2, 0.25) is 0 Å². The van der Waals surface area contributed by atoms with Gasteiger partial charge in [-0.05, 0) is 13.3 Å². The van der Waals surface area contributed by atoms with Gasteiger partial charge < -0.3 is 10.4 Å². The van der Waals surface area contributed by atoms with Gasteiger partial charge in [-0.25, -0.2) is 9.50 Å². The summed E-state index contributed by atoms with van der Waals surface area (Å²) in [4.78, 5) is 4.02. The number of rotatable bonds is 5. The maximum atomic E-state index is 12.7. The van der Waals surface area contributed by atoms with E-state index in [2.05, 4.69) is 15.4 Å². The molecular formula is C13H17F3N4O. The van der Waals surface area contributed by atoms with E-state index >= 15 is 0 Å². The molecule has 0 spiro atoms. The van der Waals surface area contributed by atoms with Crippen molar-refractivity contribution < 1.29 is 18.3 Å². The molecule has 2 aromatic rings. The molecule has 1 atom stereocenters. The maximum Gasteiger partial charge on any atom is 0.435 e. The first-order valence-electron chi connectivity index (χ1n) is 6.61.